The van der Waals surface area contributed by atoms with E-state index in [2.05, 4.69) is 10.3 Å². The van der Waals surface area contributed by atoms with Crippen molar-refractivity contribution in [1.82, 2.24) is 8.87 Å². The molecule has 1 heterocycles. The highest BCUT2D eigenvalue weighted by Crippen LogP contribution is 2.22. The Morgan fingerprint density at radius 2 is 1.74 bits per heavy atom. The van der Waals surface area contributed by atoms with Crippen LogP contribution in [0.4, 0.5) is 5.69 Å². The van der Waals surface area contributed by atoms with E-state index in [1.165, 1.54) is 53.9 Å². The van der Waals surface area contributed by atoms with Crippen molar-refractivity contribution in [3.8, 4) is 0 Å². The third-order valence-electron chi connectivity index (χ3n) is 5.16. The van der Waals surface area contributed by atoms with Crippen LogP contribution in [0.1, 0.15) is 31.1 Å². The molecule has 0 unspecified atom stereocenters. The summed E-state index contributed by atoms with van der Waals surface area (Å²) in [7, 11) is -2.38. The molecule has 0 aliphatic heterocycles. The second-order valence-electron chi connectivity index (χ2n) is 7.44. The summed E-state index contributed by atoms with van der Waals surface area (Å²) in [6.45, 7) is 5.42. The van der Waals surface area contributed by atoms with Gasteiger partial charge in [-0.15, -0.1) is 0 Å². The number of aromatic nitrogens is 1. The summed E-state index contributed by atoms with van der Waals surface area (Å²) in [4.78, 5) is 40.8. The van der Waals surface area contributed by atoms with E-state index in [0.29, 0.717) is 29.0 Å². The first kappa shape index (κ1) is 26.3. The summed E-state index contributed by atoms with van der Waals surface area (Å²) in [5.41, 5.74) is 1.41. The van der Waals surface area contributed by atoms with Gasteiger partial charge < -0.3 is 14.6 Å². The molecule has 1 N–H and O–H groups in total. The van der Waals surface area contributed by atoms with E-state index in [0.717, 1.165) is 0 Å². The highest BCUT2D eigenvalue weighted by molar-refractivity contribution is 7.89. The van der Waals surface area contributed by atoms with Gasteiger partial charge in [-0.25, -0.2) is 8.42 Å². The average Bonchev–Trinajstić information content (AvgIpc) is 3.15. The predicted molar refractivity (Wildman–Crippen MR) is 133 cm³/mol. The summed E-state index contributed by atoms with van der Waals surface area (Å²) in [5.74, 6) is -1.34. The number of carbonyl (C=O) groups is 3. The van der Waals surface area contributed by atoms with Crippen LogP contribution >= 0.6 is 11.3 Å². The van der Waals surface area contributed by atoms with Gasteiger partial charge in [0, 0.05) is 31.3 Å². The van der Waals surface area contributed by atoms with Crippen LogP contribution < -0.4 is 10.1 Å². The normalized spacial score (nSPS) is 12.2. The molecule has 0 saturated carbocycles. The molecule has 3 aromatic rings. The van der Waals surface area contributed by atoms with E-state index >= 15 is 0 Å². The summed E-state index contributed by atoms with van der Waals surface area (Å²) in [6, 6.07) is 10.7. The van der Waals surface area contributed by atoms with Gasteiger partial charge in [-0.2, -0.15) is 9.30 Å². The Hall–Kier alpha value is -3.35. The van der Waals surface area contributed by atoms with Gasteiger partial charge in [-0.3, -0.25) is 14.4 Å². The maximum absolute atomic E-state index is 12.9. The Morgan fingerprint density at radius 3 is 2.31 bits per heavy atom. The molecule has 0 atom stereocenters. The highest BCUT2D eigenvalue weighted by Gasteiger charge is 2.22. The molecule has 0 fully saturated rings. The number of nitrogens with zero attached hydrogens (tertiary/aromatic N) is 3. The van der Waals surface area contributed by atoms with Crippen LogP contribution in [-0.4, -0.2) is 55.3 Å². The molecule has 0 saturated heterocycles. The molecule has 2 aromatic carbocycles. The van der Waals surface area contributed by atoms with E-state index in [-0.39, 0.29) is 27.7 Å². The summed E-state index contributed by atoms with van der Waals surface area (Å²) >= 11 is 1.17. The van der Waals surface area contributed by atoms with Crippen LogP contribution in [0.15, 0.2) is 52.4 Å². The Balaban J connectivity index is 2.02. The van der Waals surface area contributed by atoms with Gasteiger partial charge in [-0.1, -0.05) is 25.2 Å². The number of methoxy groups -OCH3 is 1. The first-order valence-electron chi connectivity index (χ1n) is 10.8. The molecule has 0 spiro atoms. The van der Waals surface area contributed by atoms with Crippen molar-refractivity contribution in [2.24, 2.45) is 4.99 Å². The molecule has 12 heteroatoms. The lowest BCUT2D eigenvalue weighted by atomic mass is 10.2. The molecule has 2 amide bonds. The Bertz CT molecular complexity index is 1430. The van der Waals surface area contributed by atoms with E-state index in [4.69, 9.17) is 4.74 Å². The van der Waals surface area contributed by atoms with Gasteiger partial charge in [0.1, 0.15) is 6.54 Å². The molecule has 35 heavy (non-hydrogen) atoms. The molecule has 0 bridgehead atoms. The number of nitrogens with one attached hydrogen (secondary N) is 1. The monoisotopic (exact) mass is 518 g/mol. The van der Waals surface area contributed by atoms with E-state index < -0.39 is 21.9 Å². The number of hydrogen-bond donors (Lipinski definition) is 1. The molecule has 0 aliphatic rings. The van der Waals surface area contributed by atoms with Gasteiger partial charge in [-0.05, 0) is 42.5 Å². The number of fused-ring (bicyclic) bond motifs is 1. The number of sulfonamides is 1. The van der Waals surface area contributed by atoms with Crippen LogP contribution in [0.25, 0.3) is 10.2 Å². The average molecular weight is 519 g/mol. The van der Waals surface area contributed by atoms with Gasteiger partial charge in [0.25, 0.3) is 5.91 Å². The van der Waals surface area contributed by atoms with E-state index in [9.17, 15) is 22.8 Å². The number of ether oxygens (including phenoxy) is 1. The first-order valence-corrected chi connectivity index (χ1v) is 13.0. The summed E-state index contributed by atoms with van der Waals surface area (Å²) in [5, 5.41) is 2.69. The smallest absolute Gasteiger partial charge is 0.325 e. The van der Waals surface area contributed by atoms with E-state index in [1.54, 1.807) is 36.6 Å². The fraction of sp³-hybridized carbons (Fsp3) is 0.304. The molecule has 1 aromatic heterocycles. The summed E-state index contributed by atoms with van der Waals surface area (Å²) < 4.78 is 33.7. The zero-order chi connectivity index (χ0) is 25.8. The minimum atomic E-state index is -3.65. The lowest BCUT2D eigenvalue weighted by Gasteiger charge is -2.18. The van der Waals surface area contributed by atoms with Crippen LogP contribution in [0.3, 0.4) is 0 Å². The first-order chi connectivity index (χ1) is 16.6. The molecule has 3 rings (SSSR count). The predicted octanol–water partition coefficient (Wildman–Crippen LogP) is 2.61. The topological polar surface area (TPSA) is 127 Å². The van der Waals surface area contributed by atoms with Gasteiger partial charge >= 0.3 is 5.97 Å². The Labute approximate surface area is 206 Å². The number of anilines is 1. The van der Waals surface area contributed by atoms with Gasteiger partial charge in [0.2, 0.25) is 15.9 Å². The number of benzene rings is 2. The quantitative estimate of drug-likeness (QED) is 0.457. The standard InChI is InChI=1S/C23H26N4O6S2/c1-5-26(6-2)35(31,32)18-10-7-16(8-11-18)22(30)25-23-27(14-21(29)33-4)19-12-9-17(24-15(3)28)13-20(19)34-23/h7-13H,5-6,14H2,1-4H3,(H,24,28). The molecule has 186 valence electrons. The zero-order valence-corrected chi connectivity index (χ0v) is 21.4. The lowest BCUT2D eigenvalue weighted by Crippen LogP contribution is -2.30. The fourth-order valence-electron chi connectivity index (χ4n) is 3.42. The van der Waals surface area contributed by atoms with Crippen LogP contribution in [0.2, 0.25) is 0 Å². The van der Waals surface area contributed by atoms with Crippen LogP contribution in [-0.2, 0) is 30.9 Å². The minimum absolute atomic E-state index is 0.0888. The van der Waals surface area contributed by atoms with Gasteiger partial charge in [0.15, 0.2) is 4.80 Å². The van der Waals surface area contributed by atoms with Crippen molar-refractivity contribution in [3.63, 3.8) is 0 Å². The maximum atomic E-state index is 12.9. The van der Waals surface area contributed by atoms with Crippen LogP contribution in [0.5, 0.6) is 0 Å². The Kier molecular flexibility index (Phi) is 8.20. The van der Waals surface area contributed by atoms with Crippen molar-refractivity contribution in [2.75, 3.05) is 25.5 Å². The van der Waals surface area contributed by atoms with Crippen molar-refractivity contribution in [1.29, 1.82) is 0 Å². The maximum Gasteiger partial charge on any atom is 0.325 e. The molecular weight excluding hydrogens is 492 g/mol. The van der Waals surface area contributed by atoms with E-state index in [1.807, 2.05) is 0 Å². The van der Waals surface area contributed by atoms with Crippen molar-refractivity contribution in [3.05, 3.63) is 52.8 Å². The number of esters is 1. The minimum Gasteiger partial charge on any atom is -0.468 e. The number of carbonyl (C=O) groups excluding carboxylic acids is 3. The SMILES string of the molecule is CCN(CC)S(=O)(=O)c1ccc(C(=O)N=c2sc3cc(NC(C)=O)ccc3n2CC(=O)OC)cc1. The van der Waals surface area contributed by atoms with Crippen LogP contribution in [0, 0.1) is 0 Å². The molecule has 10 nitrogen and oxygen atoms in total. The van der Waals surface area contributed by atoms with Crippen molar-refractivity contribution >= 4 is 55.0 Å². The second kappa shape index (κ2) is 10.9. The summed E-state index contributed by atoms with van der Waals surface area (Å²) in [6.07, 6.45) is 0. The van der Waals surface area contributed by atoms with Crippen molar-refractivity contribution < 1.29 is 27.5 Å². The highest BCUT2D eigenvalue weighted by atomic mass is 32.2. The fourth-order valence-corrected chi connectivity index (χ4v) is 5.94. The largest absolute Gasteiger partial charge is 0.468 e. The second-order valence-corrected chi connectivity index (χ2v) is 10.4. The zero-order valence-electron chi connectivity index (χ0n) is 19.8. The van der Waals surface area contributed by atoms with Crippen molar-refractivity contribution in [2.45, 2.75) is 32.2 Å². The molecule has 0 radical (unpaired) electrons. The number of rotatable bonds is 8. The number of thiazole rings is 1. The lowest BCUT2D eigenvalue weighted by molar-refractivity contribution is -0.141. The number of hydrogen-bond acceptors (Lipinski definition) is 7. The third-order valence-corrected chi connectivity index (χ3v) is 8.26. The number of amides is 2. The van der Waals surface area contributed by atoms with Gasteiger partial charge in [0.05, 0.1) is 22.2 Å². The Morgan fingerprint density at radius 1 is 1.09 bits per heavy atom. The third kappa shape index (κ3) is 5.84. The molecular formula is C23H26N4O6S2. The molecule has 0 aliphatic carbocycles.